The van der Waals surface area contributed by atoms with Crippen LogP contribution in [0, 0.1) is 16.7 Å². The number of rotatable bonds is 2. The Morgan fingerprint density at radius 3 is 2.50 bits per heavy atom. The molecule has 3 nitrogen and oxygen atoms in total. The number of allylic oxidation sites excluding steroid dienone is 1. The molecule has 1 saturated heterocycles. The maximum atomic E-state index is 10.9. The SMILES string of the molecule is CC(=O)/C(C#N)=C/C1(C)COC1. The minimum Gasteiger partial charge on any atom is -0.379 e. The molecule has 1 aliphatic rings. The molecule has 1 aliphatic heterocycles. The van der Waals surface area contributed by atoms with E-state index in [0.717, 1.165) is 0 Å². The fourth-order valence-electron chi connectivity index (χ4n) is 1.07. The molecule has 0 unspecified atom stereocenters. The van der Waals surface area contributed by atoms with Gasteiger partial charge >= 0.3 is 0 Å². The monoisotopic (exact) mass is 165 g/mol. The third kappa shape index (κ3) is 1.72. The third-order valence-corrected chi connectivity index (χ3v) is 1.86. The average Bonchev–Trinajstić information content (AvgIpc) is 1.96. The predicted molar refractivity (Wildman–Crippen MR) is 43.3 cm³/mol. The first kappa shape index (κ1) is 8.95. The van der Waals surface area contributed by atoms with Gasteiger partial charge in [0.25, 0.3) is 0 Å². The highest BCUT2D eigenvalue weighted by Crippen LogP contribution is 2.29. The summed E-state index contributed by atoms with van der Waals surface area (Å²) in [7, 11) is 0. The molecule has 1 heterocycles. The van der Waals surface area contributed by atoms with Crippen molar-refractivity contribution in [2.45, 2.75) is 13.8 Å². The summed E-state index contributed by atoms with van der Waals surface area (Å²) in [5.41, 5.74) is 0.136. The van der Waals surface area contributed by atoms with E-state index >= 15 is 0 Å². The van der Waals surface area contributed by atoms with E-state index < -0.39 is 0 Å². The smallest absolute Gasteiger partial charge is 0.169 e. The Morgan fingerprint density at radius 2 is 2.25 bits per heavy atom. The van der Waals surface area contributed by atoms with E-state index in [-0.39, 0.29) is 16.8 Å². The first-order valence-electron chi connectivity index (χ1n) is 3.79. The molecule has 1 fully saturated rings. The molecule has 0 N–H and O–H groups in total. The highest BCUT2D eigenvalue weighted by molar-refractivity contribution is 5.97. The fourth-order valence-corrected chi connectivity index (χ4v) is 1.07. The number of carbonyl (C=O) groups is 1. The summed E-state index contributed by atoms with van der Waals surface area (Å²) >= 11 is 0. The van der Waals surface area contributed by atoms with Crippen molar-refractivity contribution < 1.29 is 9.53 Å². The summed E-state index contributed by atoms with van der Waals surface area (Å²) in [6.45, 7) is 4.58. The van der Waals surface area contributed by atoms with Gasteiger partial charge in [0.1, 0.15) is 6.07 Å². The number of hydrogen-bond donors (Lipinski definition) is 0. The lowest BCUT2D eigenvalue weighted by Crippen LogP contribution is -2.38. The largest absolute Gasteiger partial charge is 0.379 e. The van der Waals surface area contributed by atoms with Crippen LogP contribution in [0.4, 0.5) is 0 Å². The second-order valence-corrected chi connectivity index (χ2v) is 3.37. The molecule has 0 radical (unpaired) electrons. The Morgan fingerprint density at radius 1 is 1.67 bits per heavy atom. The number of nitriles is 1. The van der Waals surface area contributed by atoms with Crippen LogP contribution in [0.15, 0.2) is 11.6 Å². The summed E-state index contributed by atoms with van der Waals surface area (Å²) < 4.78 is 5.00. The zero-order valence-corrected chi connectivity index (χ0v) is 7.26. The molecule has 0 aromatic heterocycles. The number of ether oxygens (including phenoxy) is 1. The number of hydrogen-bond acceptors (Lipinski definition) is 3. The van der Waals surface area contributed by atoms with Crippen LogP contribution < -0.4 is 0 Å². The highest BCUT2D eigenvalue weighted by Gasteiger charge is 2.31. The highest BCUT2D eigenvalue weighted by atomic mass is 16.5. The molecule has 0 aromatic carbocycles. The van der Waals surface area contributed by atoms with Gasteiger partial charge in [0.2, 0.25) is 0 Å². The molecule has 1 rings (SSSR count). The van der Waals surface area contributed by atoms with Crippen molar-refractivity contribution in [3.8, 4) is 6.07 Å². The van der Waals surface area contributed by atoms with Crippen LogP contribution in [0.2, 0.25) is 0 Å². The first-order valence-corrected chi connectivity index (χ1v) is 3.79. The van der Waals surface area contributed by atoms with Crippen molar-refractivity contribution in [2.75, 3.05) is 13.2 Å². The molecular formula is C9H11NO2. The standard InChI is InChI=1S/C9H11NO2/c1-7(11)8(4-10)3-9(2)5-12-6-9/h3H,5-6H2,1-2H3/b8-3+. The van der Waals surface area contributed by atoms with Gasteiger partial charge in [-0.2, -0.15) is 5.26 Å². The van der Waals surface area contributed by atoms with E-state index in [1.54, 1.807) is 6.08 Å². The summed E-state index contributed by atoms with van der Waals surface area (Å²) in [5.74, 6) is -0.175. The van der Waals surface area contributed by atoms with Crippen molar-refractivity contribution >= 4 is 5.78 Å². The van der Waals surface area contributed by atoms with Crippen molar-refractivity contribution in [2.24, 2.45) is 5.41 Å². The van der Waals surface area contributed by atoms with Gasteiger partial charge in [0, 0.05) is 5.41 Å². The quantitative estimate of drug-likeness (QED) is 0.454. The molecule has 0 spiro atoms. The Bertz CT molecular complexity index is 269. The lowest BCUT2D eigenvalue weighted by atomic mass is 9.86. The molecule has 0 aliphatic carbocycles. The average molecular weight is 165 g/mol. The second kappa shape index (κ2) is 3.08. The van der Waals surface area contributed by atoms with Crippen molar-refractivity contribution in [3.05, 3.63) is 11.6 Å². The van der Waals surface area contributed by atoms with Crippen LogP contribution >= 0.6 is 0 Å². The molecule has 0 bridgehead atoms. The lowest BCUT2D eigenvalue weighted by Gasteiger charge is -2.35. The minimum atomic E-state index is -0.175. The van der Waals surface area contributed by atoms with Gasteiger partial charge in [-0.05, 0) is 6.92 Å². The van der Waals surface area contributed by atoms with Crippen LogP contribution in [0.1, 0.15) is 13.8 Å². The van der Waals surface area contributed by atoms with Crippen LogP contribution in [0.5, 0.6) is 0 Å². The lowest BCUT2D eigenvalue weighted by molar-refractivity contribution is -0.113. The van der Waals surface area contributed by atoms with Gasteiger partial charge < -0.3 is 4.74 Å². The molecular weight excluding hydrogens is 154 g/mol. The number of carbonyl (C=O) groups excluding carboxylic acids is 1. The Labute approximate surface area is 71.6 Å². The second-order valence-electron chi connectivity index (χ2n) is 3.37. The summed E-state index contributed by atoms with van der Waals surface area (Å²) in [4.78, 5) is 10.9. The molecule has 0 amide bonds. The topological polar surface area (TPSA) is 50.1 Å². The molecule has 64 valence electrons. The van der Waals surface area contributed by atoms with E-state index in [2.05, 4.69) is 0 Å². The van der Waals surface area contributed by atoms with E-state index in [1.165, 1.54) is 6.92 Å². The van der Waals surface area contributed by atoms with Gasteiger partial charge in [-0.3, -0.25) is 4.79 Å². The maximum Gasteiger partial charge on any atom is 0.169 e. The number of Topliss-reactive ketones (excluding diaryl/α,β-unsaturated/α-hetero) is 1. The van der Waals surface area contributed by atoms with Gasteiger partial charge in [0.05, 0.1) is 18.8 Å². The molecule has 0 atom stereocenters. The van der Waals surface area contributed by atoms with Crippen molar-refractivity contribution in [1.82, 2.24) is 0 Å². The van der Waals surface area contributed by atoms with Gasteiger partial charge in [0.15, 0.2) is 5.78 Å². The number of nitrogens with zero attached hydrogens (tertiary/aromatic N) is 1. The van der Waals surface area contributed by atoms with Gasteiger partial charge in [-0.25, -0.2) is 0 Å². The van der Waals surface area contributed by atoms with Crippen molar-refractivity contribution in [1.29, 1.82) is 5.26 Å². The van der Waals surface area contributed by atoms with Gasteiger partial charge in [-0.15, -0.1) is 0 Å². The first-order chi connectivity index (χ1) is 5.57. The van der Waals surface area contributed by atoms with Crippen LogP contribution in [0.25, 0.3) is 0 Å². The summed E-state index contributed by atoms with van der Waals surface area (Å²) in [6, 6.07) is 1.88. The zero-order chi connectivity index (χ0) is 9.19. The van der Waals surface area contributed by atoms with Crippen LogP contribution in [-0.4, -0.2) is 19.0 Å². The summed E-state index contributed by atoms with van der Waals surface area (Å²) in [6.07, 6.45) is 1.71. The number of ketones is 1. The Kier molecular flexibility index (Phi) is 2.30. The molecule has 3 heteroatoms. The fraction of sp³-hybridized carbons (Fsp3) is 0.556. The van der Waals surface area contributed by atoms with E-state index in [9.17, 15) is 4.79 Å². The zero-order valence-electron chi connectivity index (χ0n) is 7.26. The minimum absolute atomic E-state index is 0.100. The molecule has 0 aromatic rings. The van der Waals surface area contributed by atoms with E-state index in [1.807, 2.05) is 13.0 Å². The molecule has 12 heavy (non-hydrogen) atoms. The van der Waals surface area contributed by atoms with Crippen molar-refractivity contribution in [3.63, 3.8) is 0 Å². The Balaban J connectivity index is 2.78. The van der Waals surface area contributed by atoms with Crippen LogP contribution in [0.3, 0.4) is 0 Å². The van der Waals surface area contributed by atoms with E-state index in [0.29, 0.717) is 13.2 Å². The van der Waals surface area contributed by atoms with Crippen LogP contribution in [-0.2, 0) is 9.53 Å². The molecule has 0 saturated carbocycles. The predicted octanol–water partition coefficient (Wildman–Crippen LogP) is 1.06. The maximum absolute atomic E-state index is 10.9. The van der Waals surface area contributed by atoms with Gasteiger partial charge in [-0.1, -0.05) is 13.0 Å². The Hall–Kier alpha value is -1.14. The summed E-state index contributed by atoms with van der Waals surface area (Å²) in [5, 5.41) is 8.60. The normalized spacial score (nSPS) is 20.9. The third-order valence-electron chi connectivity index (χ3n) is 1.86. The van der Waals surface area contributed by atoms with E-state index in [4.69, 9.17) is 10.00 Å².